The van der Waals surface area contributed by atoms with Gasteiger partial charge in [0, 0.05) is 0 Å². The van der Waals surface area contributed by atoms with Crippen molar-refractivity contribution in [3.63, 3.8) is 0 Å². The van der Waals surface area contributed by atoms with E-state index >= 15 is 0 Å². The number of ether oxygens (including phenoxy) is 1. The number of H-pyrrole nitrogens is 1. The maximum absolute atomic E-state index is 13.1. The van der Waals surface area contributed by atoms with E-state index in [1.54, 1.807) is 6.07 Å². The first kappa shape index (κ1) is 12.8. The Hall–Kier alpha value is -2.19. The van der Waals surface area contributed by atoms with Gasteiger partial charge in [-0.05, 0) is 42.5 Å². The van der Waals surface area contributed by atoms with E-state index in [1.807, 2.05) is 12.3 Å². The van der Waals surface area contributed by atoms with Crippen molar-refractivity contribution < 1.29 is 9.13 Å². The molecule has 1 atom stereocenters. The molecule has 102 valence electrons. The van der Waals surface area contributed by atoms with Crippen LogP contribution in [-0.4, -0.2) is 10.2 Å². The van der Waals surface area contributed by atoms with E-state index in [0.717, 1.165) is 25.0 Å². The van der Waals surface area contributed by atoms with Crippen LogP contribution in [-0.2, 0) is 17.8 Å². The highest BCUT2D eigenvalue weighted by atomic mass is 19.1. The van der Waals surface area contributed by atoms with Crippen molar-refractivity contribution in [3.05, 3.63) is 52.6 Å². The molecular formula is C15H14FN3O. The normalized spacial score (nSPS) is 17.5. The quantitative estimate of drug-likeness (QED) is 0.933. The van der Waals surface area contributed by atoms with E-state index < -0.39 is 5.82 Å². The molecule has 1 N–H and O–H groups in total. The maximum atomic E-state index is 13.1. The van der Waals surface area contributed by atoms with Crippen molar-refractivity contribution in [2.75, 3.05) is 0 Å². The summed E-state index contributed by atoms with van der Waals surface area (Å²) in [4.78, 5) is 0. The number of rotatable bonds is 3. The second-order valence-corrected chi connectivity index (χ2v) is 4.91. The van der Waals surface area contributed by atoms with Gasteiger partial charge in [-0.1, -0.05) is 6.07 Å². The standard InChI is InChI=1S/C15H14FN3O/c16-13-5-4-11(12(6-13)7-17)9-20-14-3-1-2-10-8-18-19-15(10)14/h4-6,8,14H,1-3,9H2,(H,18,19)/t14-/m0/s1. The molecule has 1 aromatic carbocycles. The summed E-state index contributed by atoms with van der Waals surface area (Å²) in [5.74, 6) is -0.404. The molecule has 5 heteroatoms. The molecule has 2 aromatic rings. The Kier molecular flexibility index (Phi) is 3.48. The lowest BCUT2D eigenvalue weighted by atomic mass is 9.95. The fraction of sp³-hybridized carbons (Fsp3) is 0.333. The molecule has 0 fully saturated rings. The third-order valence-corrected chi connectivity index (χ3v) is 3.62. The maximum Gasteiger partial charge on any atom is 0.124 e. The van der Waals surface area contributed by atoms with Crippen LogP contribution in [0.15, 0.2) is 24.4 Å². The van der Waals surface area contributed by atoms with Crippen LogP contribution in [0.1, 0.15) is 41.3 Å². The van der Waals surface area contributed by atoms with Gasteiger partial charge >= 0.3 is 0 Å². The monoisotopic (exact) mass is 271 g/mol. The smallest absolute Gasteiger partial charge is 0.124 e. The van der Waals surface area contributed by atoms with Crippen LogP contribution in [0, 0.1) is 17.1 Å². The van der Waals surface area contributed by atoms with E-state index in [4.69, 9.17) is 10.00 Å². The first-order chi connectivity index (χ1) is 9.78. The first-order valence-electron chi connectivity index (χ1n) is 6.60. The van der Waals surface area contributed by atoms with Crippen LogP contribution in [0.4, 0.5) is 4.39 Å². The number of hydrogen-bond donors (Lipinski definition) is 1. The molecule has 0 saturated heterocycles. The number of aryl methyl sites for hydroxylation is 1. The molecule has 4 nitrogen and oxygen atoms in total. The van der Waals surface area contributed by atoms with Crippen LogP contribution in [0.25, 0.3) is 0 Å². The lowest BCUT2D eigenvalue weighted by Gasteiger charge is -2.22. The first-order valence-corrected chi connectivity index (χ1v) is 6.60. The summed E-state index contributed by atoms with van der Waals surface area (Å²) in [5, 5.41) is 16.0. The van der Waals surface area contributed by atoms with Crippen molar-refractivity contribution in [1.29, 1.82) is 5.26 Å². The Labute approximate surface area is 116 Å². The molecule has 1 heterocycles. The number of hydrogen-bond acceptors (Lipinski definition) is 3. The molecule has 1 aliphatic rings. The lowest BCUT2D eigenvalue weighted by molar-refractivity contribution is 0.0253. The molecule has 0 spiro atoms. The number of nitriles is 1. The van der Waals surface area contributed by atoms with E-state index in [1.165, 1.54) is 17.7 Å². The summed E-state index contributed by atoms with van der Waals surface area (Å²) < 4.78 is 19.0. The minimum atomic E-state index is -0.404. The van der Waals surface area contributed by atoms with Gasteiger partial charge in [0.2, 0.25) is 0 Å². The van der Waals surface area contributed by atoms with E-state index in [2.05, 4.69) is 10.2 Å². The van der Waals surface area contributed by atoms with Crippen LogP contribution in [0.5, 0.6) is 0 Å². The molecule has 20 heavy (non-hydrogen) atoms. The largest absolute Gasteiger partial charge is 0.367 e. The SMILES string of the molecule is N#Cc1cc(F)ccc1CO[C@H]1CCCc2cn[nH]c21. The average molecular weight is 271 g/mol. The Morgan fingerprint density at radius 2 is 2.40 bits per heavy atom. The summed E-state index contributed by atoms with van der Waals surface area (Å²) in [5.41, 5.74) is 3.25. The van der Waals surface area contributed by atoms with Gasteiger partial charge in [-0.25, -0.2) is 4.39 Å². The number of aromatic amines is 1. The van der Waals surface area contributed by atoms with Gasteiger partial charge in [-0.15, -0.1) is 0 Å². The number of halogens is 1. The van der Waals surface area contributed by atoms with E-state index in [-0.39, 0.29) is 6.10 Å². The Morgan fingerprint density at radius 1 is 1.50 bits per heavy atom. The number of fused-ring (bicyclic) bond motifs is 1. The van der Waals surface area contributed by atoms with Gasteiger partial charge in [-0.3, -0.25) is 5.10 Å². The molecule has 0 bridgehead atoms. The van der Waals surface area contributed by atoms with Crippen molar-refractivity contribution in [3.8, 4) is 6.07 Å². The van der Waals surface area contributed by atoms with Gasteiger partial charge in [0.05, 0.1) is 36.2 Å². The second kappa shape index (κ2) is 5.43. The average Bonchev–Trinajstić information content (AvgIpc) is 2.94. The minimum absolute atomic E-state index is 0.0298. The molecule has 0 amide bonds. The summed E-state index contributed by atoms with van der Waals surface area (Å²) in [6, 6.07) is 6.19. The van der Waals surface area contributed by atoms with Gasteiger partial charge < -0.3 is 4.74 Å². The van der Waals surface area contributed by atoms with Crippen LogP contribution in [0.3, 0.4) is 0 Å². The third kappa shape index (κ3) is 2.43. The molecule has 0 radical (unpaired) electrons. The molecule has 0 saturated carbocycles. The predicted molar refractivity (Wildman–Crippen MR) is 70.2 cm³/mol. The number of nitrogens with zero attached hydrogens (tertiary/aromatic N) is 2. The molecule has 1 aliphatic carbocycles. The van der Waals surface area contributed by atoms with Crippen molar-refractivity contribution in [2.45, 2.75) is 32.0 Å². The Balaban J connectivity index is 1.74. The van der Waals surface area contributed by atoms with Crippen molar-refractivity contribution in [2.24, 2.45) is 0 Å². The zero-order valence-electron chi connectivity index (χ0n) is 10.9. The molecule has 0 aliphatic heterocycles. The van der Waals surface area contributed by atoms with Crippen LogP contribution < -0.4 is 0 Å². The highest BCUT2D eigenvalue weighted by molar-refractivity contribution is 5.37. The van der Waals surface area contributed by atoms with Gasteiger partial charge in [-0.2, -0.15) is 10.4 Å². The fourth-order valence-electron chi connectivity index (χ4n) is 2.56. The topological polar surface area (TPSA) is 61.7 Å². The van der Waals surface area contributed by atoms with Crippen molar-refractivity contribution >= 4 is 0 Å². The highest BCUT2D eigenvalue weighted by Crippen LogP contribution is 2.31. The summed E-state index contributed by atoms with van der Waals surface area (Å²) >= 11 is 0. The minimum Gasteiger partial charge on any atom is -0.367 e. The molecule has 1 aromatic heterocycles. The predicted octanol–water partition coefficient (Wildman–Crippen LogP) is 3.01. The van der Waals surface area contributed by atoms with E-state index in [0.29, 0.717) is 17.7 Å². The van der Waals surface area contributed by atoms with Crippen LogP contribution in [0.2, 0.25) is 0 Å². The zero-order valence-corrected chi connectivity index (χ0v) is 10.9. The third-order valence-electron chi connectivity index (χ3n) is 3.62. The van der Waals surface area contributed by atoms with Gasteiger partial charge in [0.25, 0.3) is 0 Å². The number of aromatic nitrogens is 2. The van der Waals surface area contributed by atoms with Crippen molar-refractivity contribution in [1.82, 2.24) is 10.2 Å². The second-order valence-electron chi connectivity index (χ2n) is 4.91. The summed E-state index contributed by atoms with van der Waals surface area (Å²) in [6.07, 6.45) is 4.82. The van der Waals surface area contributed by atoms with E-state index in [9.17, 15) is 4.39 Å². The lowest BCUT2D eigenvalue weighted by Crippen LogP contribution is -2.12. The van der Waals surface area contributed by atoms with Gasteiger partial charge in [0.15, 0.2) is 0 Å². The fourth-order valence-corrected chi connectivity index (χ4v) is 2.56. The summed E-state index contributed by atoms with van der Waals surface area (Å²) in [6.45, 7) is 0.298. The summed E-state index contributed by atoms with van der Waals surface area (Å²) in [7, 11) is 0. The number of benzene rings is 1. The molecular weight excluding hydrogens is 257 g/mol. The highest BCUT2D eigenvalue weighted by Gasteiger charge is 2.22. The van der Waals surface area contributed by atoms with Gasteiger partial charge in [0.1, 0.15) is 5.82 Å². The number of nitrogens with one attached hydrogen (secondary N) is 1. The van der Waals surface area contributed by atoms with Crippen LogP contribution >= 0.6 is 0 Å². The zero-order chi connectivity index (χ0) is 13.9. The Morgan fingerprint density at radius 3 is 3.25 bits per heavy atom. The molecule has 0 unspecified atom stereocenters. The molecule has 3 rings (SSSR count). The Bertz CT molecular complexity index is 659.